The topological polar surface area (TPSA) is 78.7 Å². The highest BCUT2D eigenvalue weighted by Crippen LogP contribution is 2.25. The largest absolute Gasteiger partial charge is 0.286 e. The molecule has 1 atom stereocenters. The Balaban J connectivity index is 1.30. The van der Waals surface area contributed by atoms with Crippen LogP contribution >= 0.6 is 0 Å². The van der Waals surface area contributed by atoms with E-state index < -0.39 is 0 Å². The Kier molecular flexibility index (Phi) is 5.21. The first-order valence-electron chi connectivity index (χ1n) is 11.9. The van der Waals surface area contributed by atoms with Crippen LogP contribution in [0.15, 0.2) is 79.5 Å². The predicted molar refractivity (Wildman–Crippen MR) is 139 cm³/mol. The van der Waals surface area contributed by atoms with Gasteiger partial charge in [0.25, 0.3) is 5.95 Å². The van der Waals surface area contributed by atoms with E-state index >= 15 is 0 Å². The summed E-state index contributed by atoms with van der Waals surface area (Å²) in [6.45, 7) is 8.34. The van der Waals surface area contributed by atoms with Gasteiger partial charge in [0.2, 0.25) is 0 Å². The standard InChI is InChI=1S/C28H26N8/c1-18-5-9-22(10-6-18)21(4)35-17-24(14-30-35)26-16-29-15-25(31-26)23-11-12-34-27(13-23)32-28(33-34)36-19(2)7-8-20(36)3/h5-17,21H,1-4H3. The lowest BCUT2D eigenvalue weighted by Crippen LogP contribution is -2.06. The van der Waals surface area contributed by atoms with Gasteiger partial charge in [-0.3, -0.25) is 14.2 Å². The molecule has 0 radical (unpaired) electrons. The molecule has 0 bridgehead atoms. The summed E-state index contributed by atoms with van der Waals surface area (Å²) in [6.07, 6.45) is 9.31. The van der Waals surface area contributed by atoms with Crippen LogP contribution in [-0.2, 0) is 0 Å². The number of hydrogen-bond donors (Lipinski definition) is 0. The molecule has 0 saturated heterocycles. The molecule has 178 valence electrons. The highest BCUT2D eigenvalue weighted by atomic mass is 15.4. The molecule has 36 heavy (non-hydrogen) atoms. The lowest BCUT2D eigenvalue weighted by molar-refractivity contribution is 0.564. The number of rotatable bonds is 5. The number of hydrogen-bond acceptors (Lipinski definition) is 5. The summed E-state index contributed by atoms with van der Waals surface area (Å²) < 4.78 is 5.79. The van der Waals surface area contributed by atoms with Crippen LogP contribution in [0.1, 0.15) is 35.5 Å². The Morgan fingerprint density at radius 3 is 2.25 bits per heavy atom. The van der Waals surface area contributed by atoms with Crippen molar-refractivity contribution in [2.45, 2.75) is 33.7 Å². The van der Waals surface area contributed by atoms with Crippen LogP contribution in [0, 0.1) is 20.8 Å². The molecule has 0 spiro atoms. The molecule has 1 aromatic carbocycles. The van der Waals surface area contributed by atoms with Gasteiger partial charge < -0.3 is 0 Å². The van der Waals surface area contributed by atoms with Crippen LogP contribution in [-0.4, -0.2) is 38.9 Å². The average Bonchev–Trinajstić information content (AvgIpc) is 3.62. The molecular weight excluding hydrogens is 448 g/mol. The summed E-state index contributed by atoms with van der Waals surface area (Å²) in [5.74, 6) is 0.655. The minimum atomic E-state index is 0.118. The zero-order valence-electron chi connectivity index (χ0n) is 20.7. The van der Waals surface area contributed by atoms with Gasteiger partial charge in [-0.15, -0.1) is 5.10 Å². The van der Waals surface area contributed by atoms with Crippen LogP contribution in [0.5, 0.6) is 0 Å². The van der Waals surface area contributed by atoms with Gasteiger partial charge >= 0.3 is 0 Å². The average molecular weight is 475 g/mol. The highest BCUT2D eigenvalue weighted by molar-refractivity contribution is 5.66. The fraction of sp³-hybridized carbons (Fsp3) is 0.179. The summed E-state index contributed by atoms with van der Waals surface area (Å²) >= 11 is 0. The van der Waals surface area contributed by atoms with Crippen molar-refractivity contribution < 1.29 is 0 Å². The second kappa shape index (κ2) is 8.57. The van der Waals surface area contributed by atoms with Crippen molar-refractivity contribution in [2.75, 3.05) is 0 Å². The van der Waals surface area contributed by atoms with Crippen LogP contribution in [0.3, 0.4) is 0 Å². The van der Waals surface area contributed by atoms with E-state index in [0.29, 0.717) is 5.95 Å². The quantitative estimate of drug-likeness (QED) is 0.335. The SMILES string of the molecule is Cc1ccc(C(C)n2cc(-c3cncc(-c4ccn5nc(-n6c(C)ccc6C)nc5c4)n3)cn2)cc1. The van der Waals surface area contributed by atoms with Crippen molar-refractivity contribution in [3.05, 3.63) is 102 Å². The fourth-order valence-corrected chi connectivity index (χ4v) is 4.43. The number of fused-ring (bicyclic) bond motifs is 1. The van der Waals surface area contributed by atoms with E-state index in [9.17, 15) is 0 Å². The number of benzene rings is 1. The van der Waals surface area contributed by atoms with E-state index in [1.165, 1.54) is 11.1 Å². The zero-order valence-corrected chi connectivity index (χ0v) is 20.7. The van der Waals surface area contributed by atoms with E-state index in [1.807, 2.05) is 40.0 Å². The molecule has 5 heterocycles. The first kappa shape index (κ1) is 21.9. The predicted octanol–water partition coefficient (Wildman–Crippen LogP) is 5.38. The molecule has 6 aromatic rings. The monoisotopic (exact) mass is 474 g/mol. The summed E-state index contributed by atoms with van der Waals surface area (Å²) in [6, 6.07) is 16.8. The third-order valence-corrected chi connectivity index (χ3v) is 6.58. The Morgan fingerprint density at radius 1 is 0.778 bits per heavy atom. The van der Waals surface area contributed by atoms with E-state index in [0.717, 1.165) is 39.5 Å². The van der Waals surface area contributed by atoms with Crippen LogP contribution in [0.2, 0.25) is 0 Å². The second-order valence-electron chi connectivity index (χ2n) is 9.17. The molecule has 0 amide bonds. The van der Waals surface area contributed by atoms with Gasteiger partial charge in [0.15, 0.2) is 5.65 Å². The van der Waals surface area contributed by atoms with Gasteiger partial charge in [-0.05, 0) is 57.5 Å². The Morgan fingerprint density at radius 2 is 1.50 bits per heavy atom. The van der Waals surface area contributed by atoms with Gasteiger partial charge in [-0.1, -0.05) is 29.8 Å². The first-order chi connectivity index (χ1) is 17.5. The number of aryl methyl sites for hydroxylation is 3. The fourth-order valence-electron chi connectivity index (χ4n) is 4.43. The van der Waals surface area contributed by atoms with Gasteiger partial charge in [-0.25, -0.2) is 9.50 Å². The molecule has 8 nitrogen and oxygen atoms in total. The van der Waals surface area contributed by atoms with Gasteiger partial charge in [0.1, 0.15) is 0 Å². The van der Waals surface area contributed by atoms with Gasteiger partial charge in [0.05, 0.1) is 36.0 Å². The van der Waals surface area contributed by atoms with E-state index in [2.05, 4.69) is 79.3 Å². The Labute approximate surface area is 208 Å². The smallest absolute Gasteiger partial charge is 0.254 e. The zero-order chi connectivity index (χ0) is 24.8. The molecule has 1 unspecified atom stereocenters. The molecule has 0 aliphatic carbocycles. The summed E-state index contributed by atoms with van der Waals surface area (Å²) in [4.78, 5) is 14.1. The minimum Gasteiger partial charge on any atom is -0.286 e. The van der Waals surface area contributed by atoms with Crippen molar-refractivity contribution >= 4 is 5.65 Å². The first-order valence-corrected chi connectivity index (χ1v) is 11.9. The van der Waals surface area contributed by atoms with Crippen LogP contribution in [0.4, 0.5) is 0 Å². The number of aromatic nitrogens is 8. The van der Waals surface area contributed by atoms with Crippen molar-refractivity contribution in [2.24, 2.45) is 0 Å². The minimum absolute atomic E-state index is 0.118. The summed E-state index contributed by atoms with van der Waals surface area (Å²) in [5, 5.41) is 9.25. The molecule has 0 fully saturated rings. The van der Waals surface area contributed by atoms with Gasteiger partial charge in [-0.2, -0.15) is 10.1 Å². The third kappa shape index (κ3) is 3.86. The molecule has 0 N–H and O–H groups in total. The molecule has 0 aliphatic rings. The molecule has 0 aliphatic heterocycles. The van der Waals surface area contributed by atoms with Crippen LogP contribution in [0.25, 0.3) is 34.1 Å². The van der Waals surface area contributed by atoms with Crippen molar-refractivity contribution in [1.82, 2.24) is 38.9 Å². The summed E-state index contributed by atoms with van der Waals surface area (Å²) in [5.41, 5.74) is 8.80. The lowest BCUT2D eigenvalue weighted by atomic mass is 10.1. The maximum atomic E-state index is 4.88. The van der Waals surface area contributed by atoms with Crippen molar-refractivity contribution in [3.63, 3.8) is 0 Å². The third-order valence-electron chi connectivity index (χ3n) is 6.58. The van der Waals surface area contributed by atoms with Gasteiger partial charge in [0, 0.05) is 34.9 Å². The summed E-state index contributed by atoms with van der Waals surface area (Å²) in [7, 11) is 0. The molecule has 8 heteroatoms. The van der Waals surface area contributed by atoms with Crippen molar-refractivity contribution in [1.29, 1.82) is 0 Å². The maximum Gasteiger partial charge on any atom is 0.254 e. The van der Waals surface area contributed by atoms with E-state index in [4.69, 9.17) is 9.97 Å². The van der Waals surface area contributed by atoms with E-state index in [-0.39, 0.29) is 6.04 Å². The van der Waals surface area contributed by atoms with Crippen LogP contribution < -0.4 is 0 Å². The highest BCUT2D eigenvalue weighted by Gasteiger charge is 2.14. The molecule has 6 rings (SSSR count). The van der Waals surface area contributed by atoms with E-state index in [1.54, 1.807) is 16.9 Å². The Hall–Kier alpha value is -4.59. The number of nitrogens with zero attached hydrogens (tertiary/aromatic N) is 8. The molecular formula is C28H26N8. The lowest BCUT2D eigenvalue weighted by Gasteiger charge is -2.12. The molecule has 5 aromatic heterocycles. The number of pyridine rings is 1. The second-order valence-corrected chi connectivity index (χ2v) is 9.17. The Bertz CT molecular complexity index is 1670. The normalized spacial score (nSPS) is 12.3. The van der Waals surface area contributed by atoms with Crippen molar-refractivity contribution in [3.8, 4) is 28.5 Å². The molecule has 0 saturated carbocycles. The maximum absolute atomic E-state index is 4.88.